The van der Waals surface area contributed by atoms with E-state index in [4.69, 9.17) is 9.47 Å². The number of carbonyl (C=O) groups is 1. The molecule has 24 heavy (non-hydrogen) atoms. The van der Waals surface area contributed by atoms with Crippen molar-refractivity contribution in [2.45, 2.75) is 44.9 Å². The average molecular weight is 330 g/mol. The quantitative estimate of drug-likeness (QED) is 0.917. The van der Waals surface area contributed by atoms with Crippen LogP contribution in [0, 0.1) is 0 Å². The van der Waals surface area contributed by atoms with Crippen molar-refractivity contribution in [2.75, 3.05) is 20.3 Å². The zero-order valence-electron chi connectivity index (χ0n) is 14.7. The molecule has 1 N–H and O–H groups in total. The Balaban J connectivity index is 1.82. The summed E-state index contributed by atoms with van der Waals surface area (Å²) in [4.78, 5) is 12.8. The van der Waals surface area contributed by atoms with Crippen LogP contribution in [0.3, 0.4) is 0 Å². The smallest absolute Gasteiger partial charge is 0.253 e. The highest BCUT2D eigenvalue weighted by molar-refractivity contribution is 6.07. The van der Waals surface area contributed by atoms with E-state index in [9.17, 15) is 4.79 Å². The zero-order valence-corrected chi connectivity index (χ0v) is 14.7. The number of aromatic nitrogens is 1. The second-order valence-corrected chi connectivity index (χ2v) is 7.02. The molecule has 5 nitrogen and oxygen atoms in total. The number of amides is 1. The first kappa shape index (κ1) is 17.0. The number of methoxy groups -OCH3 is 1. The van der Waals surface area contributed by atoms with Crippen molar-refractivity contribution in [3.63, 3.8) is 0 Å². The number of benzene rings is 1. The van der Waals surface area contributed by atoms with Gasteiger partial charge in [0.25, 0.3) is 5.91 Å². The largest absolute Gasteiger partial charge is 0.383 e. The number of nitrogens with one attached hydrogen (secondary N) is 1. The van der Waals surface area contributed by atoms with Crippen molar-refractivity contribution in [3.8, 4) is 0 Å². The highest BCUT2D eigenvalue weighted by Gasteiger charge is 2.30. The summed E-state index contributed by atoms with van der Waals surface area (Å²) in [5, 5.41) is 4.17. The summed E-state index contributed by atoms with van der Waals surface area (Å²) in [6, 6.07) is 8.16. The van der Waals surface area contributed by atoms with Crippen molar-refractivity contribution in [1.29, 1.82) is 0 Å². The lowest BCUT2D eigenvalue weighted by atomic mass is 9.94. The van der Waals surface area contributed by atoms with E-state index >= 15 is 0 Å². The second kappa shape index (κ2) is 6.95. The predicted octanol–water partition coefficient (Wildman–Crippen LogP) is 2.98. The average Bonchev–Trinajstić information content (AvgIpc) is 2.91. The zero-order chi connectivity index (χ0) is 17.2. The van der Waals surface area contributed by atoms with Crippen LogP contribution in [0.4, 0.5) is 0 Å². The first-order chi connectivity index (χ1) is 11.5. The Kier molecular flexibility index (Phi) is 4.92. The van der Waals surface area contributed by atoms with Crippen molar-refractivity contribution in [2.24, 2.45) is 0 Å². The van der Waals surface area contributed by atoms with Gasteiger partial charge in [-0.3, -0.25) is 4.79 Å². The molecule has 1 atom stereocenters. The second-order valence-electron chi connectivity index (χ2n) is 7.02. The molecule has 0 bridgehead atoms. The van der Waals surface area contributed by atoms with Crippen LogP contribution in [0.15, 0.2) is 30.5 Å². The van der Waals surface area contributed by atoms with Crippen molar-refractivity contribution in [1.82, 2.24) is 9.88 Å². The van der Waals surface area contributed by atoms with Crippen LogP contribution in [0.25, 0.3) is 10.9 Å². The SMILES string of the molecule is COCCn1cc(C(=O)N[C@@H]2CCOC(C)(C)C2)c2ccccc21. The molecule has 1 saturated heterocycles. The number of carbonyl (C=O) groups excluding carboxylic acids is 1. The van der Waals surface area contributed by atoms with Gasteiger partial charge in [0.2, 0.25) is 0 Å². The molecule has 0 aliphatic carbocycles. The van der Waals surface area contributed by atoms with E-state index in [1.807, 2.05) is 30.5 Å². The molecule has 0 saturated carbocycles. The predicted molar refractivity (Wildman–Crippen MR) is 94.3 cm³/mol. The molecule has 0 radical (unpaired) electrons. The Morgan fingerprint density at radius 3 is 2.96 bits per heavy atom. The number of nitrogens with zero attached hydrogens (tertiary/aromatic N) is 1. The molecule has 0 spiro atoms. The molecule has 1 aromatic heterocycles. The third kappa shape index (κ3) is 3.62. The summed E-state index contributed by atoms with van der Waals surface area (Å²) in [6.07, 6.45) is 3.63. The van der Waals surface area contributed by atoms with Crippen LogP contribution < -0.4 is 5.32 Å². The molecule has 2 heterocycles. The number of fused-ring (bicyclic) bond motifs is 1. The van der Waals surface area contributed by atoms with Crippen LogP contribution in [0.1, 0.15) is 37.0 Å². The van der Waals surface area contributed by atoms with Gasteiger partial charge in [0.1, 0.15) is 0 Å². The van der Waals surface area contributed by atoms with E-state index in [1.165, 1.54) is 0 Å². The van der Waals surface area contributed by atoms with Crippen molar-refractivity contribution >= 4 is 16.8 Å². The summed E-state index contributed by atoms with van der Waals surface area (Å²) in [5.41, 5.74) is 1.61. The van der Waals surface area contributed by atoms with Crippen LogP contribution in [0.2, 0.25) is 0 Å². The fourth-order valence-electron chi connectivity index (χ4n) is 3.42. The summed E-state index contributed by atoms with van der Waals surface area (Å²) in [6.45, 7) is 6.18. The van der Waals surface area contributed by atoms with Crippen LogP contribution in [-0.2, 0) is 16.0 Å². The molecule has 1 fully saturated rings. The molecule has 0 unspecified atom stereocenters. The van der Waals surface area contributed by atoms with E-state index in [0.29, 0.717) is 13.2 Å². The highest BCUT2D eigenvalue weighted by Crippen LogP contribution is 2.25. The first-order valence-corrected chi connectivity index (χ1v) is 8.52. The minimum absolute atomic E-state index is 0.00920. The van der Waals surface area contributed by atoms with Crippen LogP contribution in [0.5, 0.6) is 0 Å². The van der Waals surface area contributed by atoms with Gasteiger partial charge < -0.3 is 19.4 Å². The van der Waals surface area contributed by atoms with Gasteiger partial charge in [0.05, 0.1) is 17.8 Å². The molecular weight excluding hydrogens is 304 g/mol. The Hall–Kier alpha value is -1.85. The third-order valence-corrected chi connectivity index (χ3v) is 4.60. The van der Waals surface area contributed by atoms with Crippen LogP contribution >= 0.6 is 0 Å². The van der Waals surface area contributed by atoms with Crippen molar-refractivity contribution < 1.29 is 14.3 Å². The molecule has 1 aromatic carbocycles. The van der Waals surface area contributed by atoms with E-state index in [2.05, 4.69) is 23.7 Å². The molecule has 1 aliphatic heterocycles. The summed E-state index contributed by atoms with van der Waals surface area (Å²) >= 11 is 0. The number of rotatable bonds is 5. The highest BCUT2D eigenvalue weighted by atomic mass is 16.5. The fourth-order valence-corrected chi connectivity index (χ4v) is 3.42. The number of hydrogen-bond acceptors (Lipinski definition) is 3. The van der Waals surface area contributed by atoms with Gasteiger partial charge in [-0.1, -0.05) is 18.2 Å². The van der Waals surface area contributed by atoms with Gasteiger partial charge in [0.15, 0.2) is 0 Å². The Bertz CT molecular complexity index is 720. The van der Waals surface area contributed by atoms with E-state index < -0.39 is 0 Å². The van der Waals surface area contributed by atoms with Gasteiger partial charge >= 0.3 is 0 Å². The van der Waals surface area contributed by atoms with Gasteiger partial charge in [-0.05, 0) is 32.8 Å². The lowest BCUT2D eigenvalue weighted by molar-refractivity contribution is -0.0615. The maximum Gasteiger partial charge on any atom is 0.253 e. The van der Waals surface area contributed by atoms with Gasteiger partial charge in [0, 0.05) is 43.4 Å². The number of ether oxygens (including phenoxy) is 2. The van der Waals surface area contributed by atoms with E-state index in [-0.39, 0.29) is 17.6 Å². The topological polar surface area (TPSA) is 52.5 Å². The monoisotopic (exact) mass is 330 g/mol. The molecule has 3 rings (SSSR count). The van der Waals surface area contributed by atoms with E-state index in [0.717, 1.165) is 35.9 Å². The maximum atomic E-state index is 12.8. The molecule has 2 aromatic rings. The molecule has 1 aliphatic rings. The molecular formula is C19H26N2O3. The standard InChI is InChI=1S/C19H26N2O3/c1-19(2)12-14(8-10-24-19)20-18(22)16-13-21(9-11-23-3)17-7-5-4-6-15(16)17/h4-7,13-14H,8-12H2,1-3H3,(H,20,22)/t14-/m1/s1. The summed E-state index contributed by atoms with van der Waals surface area (Å²) in [7, 11) is 1.69. The third-order valence-electron chi connectivity index (χ3n) is 4.60. The first-order valence-electron chi connectivity index (χ1n) is 8.52. The van der Waals surface area contributed by atoms with E-state index in [1.54, 1.807) is 7.11 Å². The van der Waals surface area contributed by atoms with Crippen LogP contribution in [-0.4, -0.2) is 42.4 Å². The normalized spacial score (nSPS) is 20.2. The molecule has 1 amide bonds. The Morgan fingerprint density at radius 1 is 1.42 bits per heavy atom. The maximum absolute atomic E-state index is 12.8. The van der Waals surface area contributed by atoms with Gasteiger partial charge in [-0.25, -0.2) is 0 Å². The molecule has 5 heteroatoms. The minimum Gasteiger partial charge on any atom is -0.383 e. The molecule has 130 valence electrons. The Labute approximate surface area is 142 Å². The Morgan fingerprint density at radius 2 is 2.21 bits per heavy atom. The van der Waals surface area contributed by atoms with Gasteiger partial charge in [-0.15, -0.1) is 0 Å². The number of para-hydroxylation sites is 1. The lowest BCUT2D eigenvalue weighted by Gasteiger charge is -2.35. The minimum atomic E-state index is -0.178. The lowest BCUT2D eigenvalue weighted by Crippen LogP contribution is -2.45. The number of hydrogen-bond donors (Lipinski definition) is 1. The van der Waals surface area contributed by atoms with Crippen molar-refractivity contribution in [3.05, 3.63) is 36.0 Å². The summed E-state index contributed by atoms with van der Waals surface area (Å²) in [5.74, 6) is -0.00920. The van der Waals surface area contributed by atoms with Gasteiger partial charge in [-0.2, -0.15) is 0 Å². The fraction of sp³-hybridized carbons (Fsp3) is 0.526. The summed E-state index contributed by atoms with van der Waals surface area (Å²) < 4.78 is 13.0.